The Bertz CT molecular complexity index is 313. The molecule has 0 N–H and O–H groups in total. The van der Waals surface area contributed by atoms with E-state index in [0.717, 1.165) is 0 Å². The first-order valence-corrected chi connectivity index (χ1v) is 3.75. The average Bonchev–Trinajstić information content (AvgIpc) is 2.14. The molecule has 0 aliphatic carbocycles. The Morgan fingerprint density at radius 2 is 0.947 bits per heavy atom. The van der Waals surface area contributed by atoms with E-state index in [-0.39, 0.29) is 0 Å². The van der Waals surface area contributed by atoms with E-state index in [9.17, 15) is 48.3 Å². The number of hydrogen-bond donors (Lipinski definition) is 0. The topological polar surface area (TPSA) is 0 Å². The minimum absolute atomic E-state index is 1.83. The van der Waals surface area contributed by atoms with Gasteiger partial charge in [0, 0.05) is 0 Å². The molecular weight excluding hydrogens is 329 g/mol. The lowest BCUT2D eigenvalue weighted by Gasteiger charge is -1.98. The van der Waals surface area contributed by atoms with Crippen molar-refractivity contribution in [3.63, 3.8) is 0 Å². The Hall–Kier alpha value is -1.26. The molecule has 0 amide bonds. The highest BCUT2D eigenvalue weighted by Crippen LogP contribution is 2.29. The van der Waals surface area contributed by atoms with Gasteiger partial charge in [0.25, 0.3) is 17.2 Å². The van der Waals surface area contributed by atoms with E-state index >= 15 is 0 Å². The summed E-state index contributed by atoms with van der Waals surface area (Å²) in [5.74, 6) is -3.33. The van der Waals surface area contributed by atoms with Crippen molar-refractivity contribution >= 4 is 11.6 Å². The molecule has 0 aromatic carbocycles. The van der Waals surface area contributed by atoms with Crippen LogP contribution in [0.5, 0.6) is 0 Å². The zero-order valence-electron chi connectivity index (χ0n) is 8.24. The van der Waals surface area contributed by atoms with E-state index in [1.807, 2.05) is 0 Å². The molecular formula is C7H2ClF11. The van der Waals surface area contributed by atoms with Crippen molar-refractivity contribution in [1.29, 1.82) is 0 Å². The third kappa shape index (κ3) is 22.4. The summed E-state index contributed by atoms with van der Waals surface area (Å²) >= 11 is 4.08. The van der Waals surface area contributed by atoms with Crippen LogP contribution in [0.4, 0.5) is 48.3 Å². The summed E-state index contributed by atoms with van der Waals surface area (Å²) in [6, 6.07) is 0. The highest BCUT2D eigenvalue weighted by molar-refractivity contribution is 6.28. The fourth-order valence-electron chi connectivity index (χ4n) is 0.107. The predicted molar refractivity (Wildman–Crippen MR) is 44.0 cm³/mol. The highest BCUT2D eigenvalue weighted by Gasteiger charge is 2.38. The Labute approximate surface area is 103 Å². The molecule has 0 bridgehead atoms. The summed E-state index contributed by atoms with van der Waals surface area (Å²) in [7, 11) is 0. The molecule has 0 heterocycles. The van der Waals surface area contributed by atoms with Gasteiger partial charge in [-0.25, -0.2) is 0 Å². The second kappa shape index (κ2) is 10.6. The number of allylic oxidation sites excluding steroid dienone is 1. The lowest BCUT2D eigenvalue weighted by atomic mass is 10.6. The molecule has 0 aromatic rings. The van der Waals surface area contributed by atoms with Crippen molar-refractivity contribution in [2.75, 3.05) is 0 Å². The van der Waals surface area contributed by atoms with Gasteiger partial charge in [-0.1, -0.05) is 0 Å². The zero-order chi connectivity index (χ0) is 16.4. The Balaban J connectivity index is -0.000000222. The van der Waals surface area contributed by atoms with Gasteiger partial charge in [-0.15, -0.1) is 0 Å². The standard InChI is InChI=1S/C3F6.C2ClF3.C2H2F2/c4-1(2(5)6)3(7,8)9;3-1(4)2(5)6;1-2(3)4/h;;1H2. The van der Waals surface area contributed by atoms with Crippen LogP contribution in [0.1, 0.15) is 0 Å². The molecule has 0 saturated heterocycles. The van der Waals surface area contributed by atoms with Gasteiger partial charge >= 0.3 is 18.3 Å². The van der Waals surface area contributed by atoms with Crippen LogP contribution in [0.25, 0.3) is 0 Å². The summed E-state index contributed by atoms with van der Waals surface area (Å²) < 4.78 is 117. The smallest absolute Gasteiger partial charge is 0.196 e. The lowest BCUT2D eigenvalue weighted by Crippen LogP contribution is -2.08. The van der Waals surface area contributed by atoms with Crippen molar-refractivity contribution in [1.82, 2.24) is 0 Å². The van der Waals surface area contributed by atoms with Crippen LogP contribution < -0.4 is 0 Å². The summed E-state index contributed by atoms with van der Waals surface area (Å²) in [5.41, 5.74) is 0. The second-order valence-corrected chi connectivity index (χ2v) is 2.26. The molecule has 19 heavy (non-hydrogen) atoms. The van der Waals surface area contributed by atoms with Crippen LogP contribution >= 0.6 is 11.6 Å². The van der Waals surface area contributed by atoms with Crippen LogP contribution in [0.2, 0.25) is 0 Å². The minimum Gasteiger partial charge on any atom is -0.196 e. The normalized spacial score (nSPS) is 9.26. The van der Waals surface area contributed by atoms with Crippen LogP contribution in [0.15, 0.2) is 35.9 Å². The van der Waals surface area contributed by atoms with Gasteiger partial charge in [0.2, 0.25) is 0 Å². The van der Waals surface area contributed by atoms with E-state index in [1.54, 1.807) is 0 Å². The van der Waals surface area contributed by atoms with E-state index in [1.165, 1.54) is 0 Å². The largest absolute Gasteiger partial charge is 0.448 e. The van der Waals surface area contributed by atoms with Gasteiger partial charge in [-0.3, -0.25) is 0 Å². The van der Waals surface area contributed by atoms with Gasteiger partial charge in [0.15, 0.2) is 0 Å². The first kappa shape index (κ1) is 22.9. The van der Waals surface area contributed by atoms with Crippen molar-refractivity contribution in [2.24, 2.45) is 0 Å². The first-order valence-electron chi connectivity index (χ1n) is 3.37. The Kier molecular flexibility index (Phi) is 12.8. The summed E-state index contributed by atoms with van der Waals surface area (Å²) in [5, 5.41) is -1.94. The molecule has 0 nitrogen and oxygen atoms in total. The van der Waals surface area contributed by atoms with Gasteiger partial charge < -0.3 is 0 Å². The van der Waals surface area contributed by atoms with Crippen LogP contribution in [0.3, 0.4) is 0 Å². The van der Waals surface area contributed by atoms with Crippen molar-refractivity contribution in [3.05, 3.63) is 35.9 Å². The van der Waals surface area contributed by atoms with Gasteiger partial charge in [-0.2, -0.15) is 48.3 Å². The Morgan fingerprint density at radius 3 is 0.947 bits per heavy atom. The Morgan fingerprint density at radius 1 is 0.737 bits per heavy atom. The molecule has 0 spiro atoms. The monoisotopic (exact) mass is 330 g/mol. The molecule has 0 fully saturated rings. The van der Waals surface area contributed by atoms with E-state index in [0.29, 0.717) is 0 Å². The maximum Gasteiger partial charge on any atom is 0.448 e. The maximum atomic E-state index is 11.0. The number of alkyl halides is 3. The molecule has 0 radical (unpaired) electrons. The lowest BCUT2D eigenvalue weighted by molar-refractivity contribution is -0.113. The number of rotatable bonds is 0. The summed E-state index contributed by atoms with van der Waals surface area (Å²) in [4.78, 5) is 0. The number of halogens is 12. The van der Waals surface area contributed by atoms with Gasteiger partial charge in [0.05, 0.1) is 0 Å². The molecule has 0 saturated carbocycles. The van der Waals surface area contributed by atoms with Crippen LogP contribution in [-0.2, 0) is 0 Å². The fourth-order valence-corrected chi connectivity index (χ4v) is 0.107. The summed E-state index contributed by atoms with van der Waals surface area (Å²) in [6.07, 6.45) is -13.2. The summed E-state index contributed by atoms with van der Waals surface area (Å²) in [6.45, 7) is 2.22. The fraction of sp³-hybridized carbons (Fsp3) is 0.143. The van der Waals surface area contributed by atoms with E-state index in [4.69, 9.17) is 0 Å². The SMILES string of the molecule is C=C(F)F.FC(F)=C(F)C(F)(F)F.FC(F)=C(F)Cl. The van der Waals surface area contributed by atoms with Crippen LogP contribution in [-0.4, -0.2) is 6.18 Å². The van der Waals surface area contributed by atoms with Crippen molar-refractivity contribution < 1.29 is 48.3 Å². The van der Waals surface area contributed by atoms with Crippen LogP contribution in [0, 0.1) is 0 Å². The third-order valence-electron chi connectivity index (χ3n) is 0.558. The van der Waals surface area contributed by atoms with E-state index < -0.39 is 35.5 Å². The molecule has 114 valence electrons. The molecule has 0 rings (SSSR count). The molecule has 0 atom stereocenters. The maximum absolute atomic E-state index is 11.0. The second-order valence-electron chi connectivity index (χ2n) is 1.93. The predicted octanol–water partition coefficient (Wildman–Crippen LogP) is 6.28. The van der Waals surface area contributed by atoms with Gasteiger partial charge in [0.1, 0.15) is 0 Å². The highest BCUT2D eigenvalue weighted by atomic mass is 35.5. The molecule has 0 aliphatic heterocycles. The first-order chi connectivity index (χ1) is 8.23. The van der Waals surface area contributed by atoms with Crippen molar-refractivity contribution in [2.45, 2.75) is 6.18 Å². The zero-order valence-corrected chi connectivity index (χ0v) is 9.00. The van der Waals surface area contributed by atoms with Crippen molar-refractivity contribution in [3.8, 4) is 0 Å². The molecule has 0 unspecified atom stereocenters. The molecule has 0 aromatic heterocycles. The quantitative estimate of drug-likeness (QED) is 0.458. The number of hydrogen-bond acceptors (Lipinski definition) is 0. The average molecular weight is 331 g/mol. The van der Waals surface area contributed by atoms with E-state index in [2.05, 4.69) is 18.2 Å². The minimum atomic E-state index is -5.56. The molecule has 0 aliphatic rings. The third-order valence-corrected chi connectivity index (χ3v) is 0.701. The van der Waals surface area contributed by atoms with Gasteiger partial charge in [-0.05, 0) is 18.2 Å². The molecule has 12 heteroatoms.